The zero-order valence-corrected chi connectivity index (χ0v) is 8.17. The fourth-order valence-electron chi connectivity index (χ4n) is 1.65. The molecule has 0 aromatic carbocycles. The van der Waals surface area contributed by atoms with Gasteiger partial charge in [0.25, 0.3) is 0 Å². The van der Waals surface area contributed by atoms with E-state index in [9.17, 15) is 4.79 Å². The van der Waals surface area contributed by atoms with E-state index >= 15 is 0 Å². The van der Waals surface area contributed by atoms with Crippen LogP contribution in [0.15, 0.2) is 16.9 Å². The minimum absolute atomic E-state index is 0.0173. The summed E-state index contributed by atoms with van der Waals surface area (Å²) < 4.78 is 5.54. The highest BCUT2D eigenvalue weighted by molar-refractivity contribution is 5.13. The van der Waals surface area contributed by atoms with Crippen LogP contribution in [0, 0.1) is 6.92 Å². The van der Waals surface area contributed by atoms with E-state index in [2.05, 4.69) is 10.3 Å². The molecule has 2 rings (SSSR count). The fourth-order valence-corrected chi connectivity index (χ4v) is 1.65. The molecule has 14 heavy (non-hydrogen) atoms. The molecule has 1 fully saturated rings. The maximum absolute atomic E-state index is 11.3. The van der Waals surface area contributed by atoms with Gasteiger partial charge in [-0.3, -0.25) is 4.79 Å². The fraction of sp³-hybridized carbons (Fsp3) is 0.500. The van der Waals surface area contributed by atoms with Gasteiger partial charge in [-0.2, -0.15) is 0 Å². The molecule has 1 aliphatic rings. The average molecular weight is 194 g/mol. The van der Waals surface area contributed by atoms with Crippen molar-refractivity contribution in [1.82, 2.24) is 10.3 Å². The highest BCUT2D eigenvalue weighted by Crippen LogP contribution is 2.14. The van der Waals surface area contributed by atoms with E-state index in [4.69, 9.17) is 4.74 Å². The van der Waals surface area contributed by atoms with Crippen molar-refractivity contribution in [2.45, 2.75) is 13.0 Å². The minimum Gasteiger partial charge on any atom is -0.369 e. The lowest BCUT2D eigenvalue weighted by Crippen LogP contribution is -2.34. The van der Waals surface area contributed by atoms with Crippen molar-refractivity contribution in [2.24, 2.45) is 0 Å². The van der Waals surface area contributed by atoms with Crippen LogP contribution >= 0.6 is 0 Å². The molecule has 2 heterocycles. The van der Waals surface area contributed by atoms with Crippen molar-refractivity contribution >= 4 is 0 Å². The Hall–Kier alpha value is -1.13. The summed E-state index contributed by atoms with van der Waals surface area (Å²) in [6.07, 6.45) is -0.0173. The van der Waals surface area contributed by atoms with Crippen molar-refractivity contribution in [3.05, 3.63) is 33.7 Å². The van der Waals surface area contributed by atoms with Gasteiger partial charge in [-0.1, -0.05) is 0 Å². The molecule has 1 aromatic rings. The Bertz CT molecular complexity index is 367. The third-order valence-corrected chi connectivity index (χ3v) is 2.27. The van der Waals surface area contributed by atoms with Gasteiger partial charge in [0.1, 0.15) is 6.10 Å². The number of aryl methyl sites for hydroxylation is 1. The van der Waals surface area contributed by atoms with E-state index < -0.39 is 0 Å². The average Bonchev–Trinajstić information content (AvgIpc) is 2.18. The van der Waals surface area contributed by atoms with Gasteiger partial charge in [-0.05, 0) is 6.92 Å². The summed E-state index contributed by atoms with van der Waals surface area (Å²) in [4.78, 5) is 14.4. The Morgan fingerprint density at radius 1 is 1.50 bits per heavy atom. The molecule has 0 saturated carbocycles. The summed E-state index contributed by atoms with van der Waals surface area (Å²) in [5.41, 5.74) is 1.77. The molecule has 0 bridgehead atoms. The van der Waals surface area contributed by atoms with Crippen LogP contribution in [-0.4, -0.2) is 24.7 Å². The first kappa shape index (κ1) is 9.43. The molecule has 1 aliphatic heterocycles. The van der Waals surface area contributed by atoms with E-state index in [1.807, 2.05) is 6.92 Å². The number of ether oxygens (including phenoxy) is 1. The molecule has 0 amide bonds. The van der Waals surface area contributed by atoms with Gasteiger partial charge in [0.05, 0.1) is 6.61 Å². The molecule has 4 heteroatoms. The van der Waals surface area contributed by atoms with Gasteiger partial charge in [-0.25, -0.2) is 0 Å². The molecule has 4 nitrogen and oxygen atoms in total. The van der Waals surface area contributed by atoms with Crippen LogP contribution in [0.1, 0.15) is 17.5 Å². The topological polar surface area (TPSA) is 54.1 Å². The first-order valence-electron chi connectivity index (χ1n) is 4.79. The number of pyridine rings is 1. The first-order chi connectivity index (χ1) is 6.75. The second-order valence-electron chi connectivity index (χ2n) is 3.52. The number of aromatic amines is 1. The van der Waals surface area contributed by atoms with Crippen molar-refractivity contribution in [3.8, 4) is 0 Å². The molecular formula is C10H14N2O2. The summed E-state index contributed by atoms with van der Waals surface area (Å²) >= 11 is 0. The molecule has 1 aromatic heterocycles. The van der Waals surface area contributed by atoms with Crippen LogP contribution in [-0.2, 0) is 4.74 Å². The van der Waals surface area contributed by atoms with Crippen molar-refractivity contribution in [2.75, 3.05) is 19.7 Å². The predicted molar refractivity (Wildman–Crippen MR) is 53.4 cm³/mol. The number of hydrogen-bond donors (Lipinski definition) is 2. The predicted octanol–water partition coefficient (Wildman–Crippen LogP) is 0.344. The van der Waals surface area contributed by atoms with Crippen LogP contribution in [0.5, 0.6) is 0 Å². The van der Waals surface area contributed by atoms with Crippen molar-refractivity contribution in [3.63, 3.8) is 0 Å². The lowest BCUT2D eigenvalue weighted by molar-refractivity contribution is 0.0249. The standard InChI is InChI=1S/C10H14N2O2/c1-7-4-8(13)5-9(12-7)10-6-11-2-3-14-10/h4-5,10-11H,2-3,6H2,1H3,(H,12,13). The van der Waals surface area contributed by atoms with E-state index in [1.54, 1.807) is 12.1 Å². The maximum atomic E-state index is 11.3. The van der Waals surface area contributed by atoms with Gasteiger partial charge >= 0.3 is 0 Å². The lowest BCUT2D eigenvalue weighted by Gasteiger charge is -2.23. The second kappa shape index (κ2) is 3.94. The normalized spacial score (nSPS) is 22.2. The van der Waals surface area contributed by atoms with E-state index in [0.717, 1.165) is 24.5 Å². The summed E-state index contributed by atoms with van der Waals surface area (Å²) in [5, 5.41) is 3.23. The molecule has 2 N–H and O–H groups in total. The minimum atomic E-state index is -0.0173. The molecule has 1 atom stereocenters. The molecule has 0 radical (unpaired) electrons. The largest absolute Gasteiger partial charge is 0.369 e. The first-order valence-corrected chi connectivity index (χ1v) is 4.79. The van der Waals surface area contributed by atoms with Crippen molar-refractivity contribution in [1.29, 1.82) is 0 Å². The van der Waals surface area contributed by atoms with Gasteiger partial charge < -0.3 is 15.0 Å². The summed E-state index contributed by atoms with van der Waals surface area (Å²) in [6.45, 7) is 4.22. The Morgan fingerprint density at radius 3 is 3.00 bits per heavy atom. The SMILES string of the molecule is Cc1cc(=O)cc(C2CNCCO2)[nH]1. The number of aromatic nitrogens is 1. The third kappa shape index (κ3) is 2.02. The van der Waals surface area contributed by atoms with Gasteiger partial charge in [-0.15, -0.1) is 0 Å². The van der Waals surface area contributed by atoms with Crippen LogP contribution in [0.3, 0.4) is 0 Å². The molecule has 1 unspecified atom stereocenters. The van der Waals surface area contributed by atoms with Gasteiger partial charge in [0, 0.05) is 36.6 Å². The summed E-state index contributed by atoms with van der Waals surface area (Å²) in [6, 6.07) is 3.18. The maximum Gasteiger partial charge on any atom is 0.182 e. The van der Waals surface area contributed by atoms with Crippen LogP contribution in [0.25, 0.3) is 0 Å². The van der Waals surface area contributed by atoms with Gasteiger partial charge in [0.2, 0.25) is 0 Å². The van der Waals surface area contributed by atoms with E-state index in [0.29, 0.717) is 6.61 Å². The zero-order valence-electron chi connectivity index (χ0n) is 8.17. The number of morpholine rings is 1. The quantitative estimate of drug-likeness (QED) is 0.678. The molecular weight excluding hydrogens is 180 g/mol. The third-order valence-electron chi connectivity index (χ3n) is 2.27. The number of rotatable bonds is 1. The molecule has 76 valence electrons. The monoisotopic (exact) mass is 194 g/mol. The van der Waals surface area contributed by atoms with Crippen LogP contribution < -0.4 is 10.7 Å². The van der Waals surface area contributed by atoms with E-state index in [-0.39, 0.29) is 11.5 Å². The zero-order chi connectivity index (χ0) is 9.97. The number of hydrogen-bond acceptors (Lipinski definition) is 3. The van der Waals surface area contributed by atoms with Crippen LogP contribution in [0.4, 0.5) is 0 Å². The van der Waals surface area contributed by atoms with Crippen molar-refractivity contribution < 1.29 is 4.74 Å². The highest BCUT2D eigenvalue weighted by atomic mass is 16.5. The Kier molecular flexibility index (Phi) is 2.65. The van der Waals surface area contributed by atoms with E-state index in [1.165, 1.54) is 0 Å². The second-order valence-corrected chi connectivity index (χ2v) is 3.52. The number of H-pyrrole nitrogens is 1. The van der Waals surface area contributed by atoms with Gasteiger partial charge in [0.15, 0.2) is 5.43 Å². The highest BCUT2D eigenvalue weighted by Gasteiger charge is 2.16. The Balaban J connectivity index is 2.26. The Labute approximate surface area is 82.3 Å². The molecule has 1 saturated heterocycles. The number of nitrogens with one attached hydrogen (secondary N) is 2. The Morgan fingerprint density at radius 2 is 2.36 bits per heavy atom. The summed E-state index contributed by atoms with van der Waals surface area (Å²) in [7, 11) is 0. The molecule has 0 spiro atoms. The van der Waals surface area contributed by atoms with Crippen LogP contribution in [0.2, 0.25) is 0 Å². The smallest absolute Gasteiger partial charge is 0.182 e. The summed E-state index contributed by atoms with van der Waals surface area (Å²) in [5.74, 6) is 0. The lowest BCUT2D eigenvalue weighted by atomic mass is 10.2. The molecule has 0 aliphatic carbocycles.